The van der Waals surface area contributed by atoms with Gasteiger partial charge in [-0.05, 0) is 31.7 Å². The van der Waals surface area contributed by atoms with Crippen LogP contribution in [-0.2, 0) is 12.8 Å². The second-order valence-electron chi connectivity index (χ2n) is 4.15. The predicted octanol–water partition coefficient (Wildman–Crippen LogP) is 2.47. The zero-order chi connectivity index (χ0) is 11.7. The number of aromatic nitrogens is 4. The van der Waals surface area contributed by atoms with Crippen LogP contribution in [0.15, 0.2) is 18.6 Å². The molecule has 2 aromatic heterocycles. The van der Waals surface area contributed by atoms with Crippen LogP contribution in [0.5, 0.6) is 0 Å². The topological polar surface area (TPSA) is 54.5 Å². The molecule has 0 atom stereocenters. The lowest BCUT2D eigenvalue weighted by atomic mass is 9.97. The van der Waals surface area contributed by atoms with E-state index in [1.807, 2.05) is 6.07 Å². The van der Waals surface area contributed by atoms with Crippen molar-refractivity contribution in [1.29, 1.82) is 0 Å². The lowest BCUT2D eigenvalue weighted by Crippen LogP contribution is -2.09. The molecule has 0 aliphatic heterocycles. The first-order valence-electron chi connectivity index (χ1n) is 5.73. The highest BCUT2D eigenvalue weighted by Crippen LogP contribution is 2.22. The lowest BCUT2D eigenvalue weighted by Gasteiger charge is -2.16. The van der Waals surface area contributed by atoms with Gasteiger partial charge in [0.25, 0.3) is 0 Å². The summed E-state index contributed by atoms with van der Waals surface area (Å²) >= 11 is 5.35. The molecular weight excluding hydrogens is 232 g/mol. The van der Waals surface area contributed by atoms with Crippen molar-refractivity contribution in [3.8, 4) is 11.5 Å². The number of aryl methyl sites for hydroxylation is 1. The third-order valence-electron chi connectivity index (χ3n) is 3.03. The molecule has 0 bridgehead atoms. The molecule has 0 aromatic carbocycles. The number of nitrogens with one attached hydrogen (secondary N) is 1. The molecule has 1 aliphatic carbocycles. The van der Waals surface area contributed by atoms with Crippen LogP contribution in [-0.4, -0.2) is 19.9 Å². The first-order valence-corrected chi connectivity index (χ1v) is 6.14. The van der Waals surface area contributed by atoms with E-state index in [4.69, 9.17) is 12.2 Å². The lowest BCUT2D eigenvalue weighted by molar-refractivity contribution is 0.661. The van der Waals surface area contributed by atoms with Crippen LogP contribution in [0.3, 0.4) is 0 Å². The monoisotopic (exact) mass is 244 g/mol. The first kappa shape index (κ1) is 10.5. The van der Waals surface area contributed by atoms with Crippen LogP contribution in [0.25, 0.3) is 11.5 Å². The van der Waals surface area contributed by atoms with E-state index in [1.54, 1.807) is 6.20 Å². The molecule has 0 fully saturated rings. The zero-order valence-corrected chi connectivity index (χ0v) is 10.1. The number of hydrogen-bond acceptors (Lipinski definition) is 4. The summed E-state index contributed by atoms with van der Waals surface area (Å²) in [5.41, 5.74) is 3.23. The van der Waals surface area contributed by atoms with E-state index in [2.05, 4.69) is 19.9 Å². The normalized spacial score (nSPS) is 14.4. The second-order valence-corrected chi connectivity index (χ2v) is 4.54. The second kappa shape index (κ2) is 4.33. The van der Waals surface area contributed by atoms with E-state index in [9.17, 15) is 0 Å². The van der Waals surface area contributed by atoms with Crippen molar-refractivity contribution >= 4 is 12.2 Å². The van der Waals surface area contributed by atoms with Gasteiger partial charge in [-0.1, -0.05) is 12.2 Å². The summed E-state index contributed by atoms with van der Waals surface area (Å²) in [6, 6.07) is 1.84. The first-order chi connectivity index (χ1) is 8.34. The number of aromatic amines is 1. The van der Waals surface area contributed by atoms with Crippen LogP contribution in [0.1, 0.15) is 24.1 Å². The van der Waals surface area contributed by atoms with Gasteiger partial charge in [0, 0.05) is 17.5 Å². The number of H-pyrrole nitrogens is 1. The summed E-state index contributed by atoms with van der Waals surface area (Å²) in [5, 5.41) is 0. The van der Waals surface area contributed by atoms with E-state index < -0.39 is 0 Å². The van der Waals surface area contributed by atoms with Gasteiger partial charge in [-0.3, -0.25) is 0 Å². The van der Waals surface area contributed by atoms with Gasteiger partial charge < -0.3 is 4.98 Å². The minimum Gasteiger partial charge on any atom is -0.342 e. The van der Waals surface area contributed by atoms with E-state index >= 15 is 0 Å². The summed E-state index contributed by atoms with van der Waals surface area (Å²) in [6.07, 6.45) is 7.75. The van der Waals surface area contributed by atoms with Crippen molar-refractivity contribution in [3.05, 3.63) is 34.5 Å². The van der Waals surface area contributed by atoms with Crippen molar-refractivity contribution in [1.82, 2.24) is 19.9 Å². The van der Waals surface area contributed by atoms with Crippen LogP contribution in [0.4, 0.5) is 0 Å². The molecule has 3 rings (SSSR count). The quantitative estimate of drug-likeness (QED) is 0.783. The predicted molar refractivity (Wildman–Crippen MR) is 67.1 cm³/mol. The summed E-state index contributed by atoms with van der Waals surface area (Å²) in [4.78, 5) is 15.9. The number of hydrogen-bond donors (Lipinski definition) is 1. The summed E-state index contributed by atoms with van der Waals surface area (Å²) in [6.45, 7) is 0. The smallest absolute Gasteiger partial charge is 0.157 e. The van der Waals surface area contributed by atoms with Gasteiger partial charge >= 0.3 is 0 Å². The van der Waals surface area contributed by atoms with Crippen LogP contribution in [0.2, 0.25) is 0 Å². The van der Waals surface area contributed by atoms with Crippen molar-refractivity contribution in [3.63, 3.8) is 0 Å². The standard InChI is InChI=1S/C12H12N4S/c17-12-8-3-1-2-4-9(8)15-11(16-12)10-5-6-13-7-14-10/h5-7H,1-4H2,(H,15,16,17). The molecule has 17 heavy (non-hydrogen) atoms. The molecule has 0 saturated heterocycles. The fourth-order valence-electron chi connectivity index (χ4n) is 2.17. The molecule has 2 aromatic rings. The Balaban J connectivity index is 2.14. The maximum atomic E-state index is 5.35. The van der Waals surface area contributed by atoms with Gasteiger partial charge in [0.15, 0.2) is 5.82 Å². The minimum absolute atomic E-state index is 0.715. The fourth-order valence-corrected chi connectivity index (χ4v) is 2.49. The average Bonchev–Trinajstić information content (AvgIpc) is 2.40. The molecule has 4 nitrogen and oxygen atoms in total. The molecule has 1 N–H and O–H groups in total. The molecular formula is C12H12N4S. The van der Waals surface area contributed by atoms with E-state index in [-0.39, 0.29) is 0 Å². The van der Waals surface area contributed by atoms with Gasteiger partial charge in [-0.15, -0.1) is 0 Å². The summed E-state index contributed by atoms with van der Waals surface area (Å²) in [5.74, 6) is 0.748. The molecule has 2 heterocycles. The van der Waals surface area contributed by atoms with E-state index in [0.717, 1.165) is 24.4 Å². The van der Waals surface area contributed by atoms with Crippen molar-refractivity contribution < 1.29 is 0 Å². The van der Waals surface area contributed by atoms with Crippen LogP contribution < -0.4 is 0 Å². The Morgan fingerprint density at radius 3 is 2.94 bits per heavy atom. The Hall–Kier alpha value is -1.62. The Bertz CT molecular complexity index is 591. The highest BCUT2D eigenvalue weighted by Gasteiger charge is 2.14. The van der Waals surface area contributed by atoms with Crippen molar-refractivity contribution in [2.24, 2.45) is 0 Å². The third kappa shape index (κ3) is 1.98. The molecule has 0 saturated carbocycles. The van der Waals surface area contributed by atoms with Crippen LogP contribution in [0, 0.1) is 4.64 Å². The third-order valence-corrected chi connectivity index (χ3v) is 3.37. The Kier molecular flexibility index (Phi) is 2.68. The fraction of sp³-hybridized carbons (Fsp3) is 0.333. The molecule has 86 valence electrons. The maximum Gasteiger partial charge on any atom is 0.157 e. The molecule has 1 aliphatic rings. The van der Waals surface area contributed by atoms with Crippen LogP contribution >= 0.6 is 12.2 Å². The summed E-state index contributed by atoms with van der Waals surface area (Å²) < 4.78 is 0.715. The number of nitrogens with zero attached hydrogens (tertiary/aromatic N) is 3. The van der Waals surface area contributed by atoms with Crippen molar-refractivity contribution in [2.45, 2.75) is 25.7 Å². The molecule has 5 heteroatoms. The van der Waals surface area contributed by atoms with Gasteiger partial charge in [0.05, 0.1) is 0 Å². The Labute approximate surface area is 104 Å². The minimum atomic E-state index is 0.715. The van der Waals surface area contributed by atoms with Gasteiger partial charge in [0.2, 0.25) is 0 Å². The maximum absolute atomic E-state index is 5.35. The highest BCUT2D eigenvalue weighted by molar-refractivity contribution is 7.71. The van der Waals surface area contributed by atoms with Gasteiger partial charge in [-0.25, -0.2) is 15.0 Å². The van der Waals surface area contributed by atoms with E-state index in [1.165, 1.54) is 30.4 Å². The average molecular weight is 244 g/mol. The molecule has 0 amide bonds. The summed E-state index contributed by atoms with van der Waals surface area (Å²) in [7, 11) is 0. The van der Waals surface area contributed by atoms with Gasteiger partial charge in [0.1, 0.15) is 16.7 Å². The highest BCUT2D eigenvalue weighted by atomic mass is 32.1. The molecule has 0 radical (unpaired) electrons. The zero-order valence-electron chi connectivity index (χ0n) is 9.31. The Morgan fingerprint density at radius 1 is 1.24 bits per heavy atom. The van der Waals surface area contributed by atoms with Crippen molar-refractivity contribution in [2.75, 3.05) is 0 Å². The number of fused-ring (bicyclic) bond motifs is 1. The largest absolute Gasteiger partial charge is 0.342 e. The molecule has 0 unspecified atom stereocenters. The SMILES string of the molecule is S=c1nc(-c2ccncn2)[nH]c2c1CCCC2. The Morgan fingerprint density at radius 2 is 2.12 bits per heavy atom. The van der Waals surface area contributed by atoms with Gasteiger partial charge in [-0.2, -0.15) is 0 Å². The van der Waals surface area contributed by atoms with E-state index in [0.29, 0.717) is 4.64 Å². The number of rotatable bonds is 1. The molecule has 0 spiro atoms.